The largest absolute Gasteiger partial charge is 0.320 e. The van der Waals surface area contributed by atoms with Crippen LogP contribution in [-0.2, 0) is 0 Å². The molecule has 1 N–H and O–H groups in total. The standard InChI is InChI=1S/C15H11BrN2OS/c1-9-11(6-7-14(16)17-9)18-15(19)13-8-10-4-2-3-5-12(10)20-13/h2-8H,1H3,(H,18,19). The van der Waals surface area contributed by atoms with Crippen LogP contribution < -0.4 is 5.32 Å². The van der Waals surface area contributed by atoms with Gasteiger partial charge in [-0.1, -0.05) is 18.2 Å². The van der Waals surface area contributed by atoms with E-state index in [0.717, 1.165) is 26.1 Å². The fourth-order valence-electron chi connectivity index (χ4n) is 1.94. The Morgan fingerprint density at radius 1 is 1.25 bits per heavy atom. The molecule has 0 saturated heterocycles. The smallest absolute Gasteiger partial charge is 0.265 e. The normalized spacial score (nSPS) is 10.7. The summed E-state index contributed by atoms with van der Waals surface area (Å²) in [5.41, 5.74) is 1.52. The molecule has 100 valence electrons. The summed E-state index contributed by atoms with van der Waals surface area (Å²) in [6, 6.07) is 13.5. The van der Waals surface area contributed by atoms with Crippen LogP contribution in [0.4, 0.5) is 5.69 Å². The van der Waals surface area contributed by atoms with Gasteiger partial charge in [0.05, 0.1) is 16.3 Å². The van der Waals surface area contributed by atoms with E-state index in [0.29, 0.717) is 4.88 Å². The van der Waals surface area contributed by atoms with Crippen LogP contribution in [0.5, 0.6) is 0 Å². The van der Waals surface area contributed by atoms with Crippen LogP contribution >= 0.6 is 27.3 Å². The van der Waals surface area contributed by atoms with Gasteiger partial charge in [-0.25, -0.2) is 4.98 Å². The zero-order valence-corrected chi connectivity index (χ0v) is 13.1. The third-order valence-electron chi connectivity index (χ3n) is 2.95. The average molecular weight is 347 g/mol. The molecule has 0 radical (unpaired) electrons. The van der Waals surface area contributed by atoms with Gasteiger partial charge in [-0.2, -0.15) is 0 Å². The predicted octanol–water partition coefficient (Wildman–Crippen LogP) is 4.62. The molecular weight excluding hydrogens is 336 g/mol. The number of carbonyl (C=O) groups excluding carboxylic acids is 1. The maximum absolute atomic E-state index is 12.3. The molecule has 0 spiro atoms. The molecule has 3 nitrogen and oxygen atoms in total. The van der Waals surface area contributed by atoms with Crippen molar-refractivity contribution in [2.75, 3.05) is 5.32 Å². The molecule has 0 saturated carbocycles. The fourth-order valence-corrected chi connectivity index (χ4v) is 3.30. The van der Waals surface area contributed by atoms with E-state index in [-0.39, 0.29) is 5.91 Å². The lowest BCUT2D eigenvalue weighted by Gasteiger charge is -2.06. The minimum Gasteiger partial charge on any atom is -0.320 e. The molecule has 2 aromatic heterocycles. The van der Waals surface area contributed by atoms with Crippen molar-refractivity contribution in [2.45, 2.75) is 6.92 Å². The molecule has 2 heterocycles. The Morgan fingerprint density at radius 3 is 2.80 bits per heavy atom. The van der Waals surface area contributed by atoms with Crippen molar-refractivity contribution < 1.29 is 4.79 Å². The van der Waals surface area contributed by atoms with E-state index in [4.69, 9.17) is 0 Å². The molecule has 5 heteroatoms. The van der Waals surface area contributed by atoms with Gasteiger partial charge in [-0.3, -0.25) is 4.79 Å². The molecule has 0 aliphatic heterocycles. The Morgan fingerprint density at radius 2 is 2.05 bits per heavy atom. The highest BCUT2D eigenvalue weighted by molar-refractivity contribution is 9.10. The summed E-state index contributed by atoms with van der Waals surface area (Å²) in [6.07, 6.45) is 0. The van der Waals surface area contributed by atoms with Gasteiger partial charge in [0, 0.05) is 4.70 Å². The summed E-state index contributed by atoms with van der Waals surface area (Å²) in [7, 11) is 0. The second kappa shape index (κ2) is 5.34. The number of fused-ring (bicyclic) bond motifs is 1. The number of rotatable bonds is 2. The van der Waals surface area contributed by atoms with E-state index < -0.39 is 0 Å². The van der Waals surface area contributed by atoms with Gasteiger partial charge >= 0.3 is 0 Å². The van der Waals surface area contributed by atoms with Crippen molar-refractivity contribution in [3.8, 4) is 0 Å². The van der Waals surface area contributed by atoms with Gasteiger partial charge in [-0.15, -0.1) is 11.3 Å². The number of aryl methyl sites for hydroxylation is 1. The fraction of sp³-hybridized carbons (Fsp3) is 0.0667. The second-order valence-corrected chi connectivity index (χ2v) is 6.27. The Kier molecular flexibility index (Phi) is 3.54. The number of nitrogens with zero attached hydrogens (tertiary/aromatic N) is 1. The van der Waals surface area contributed by atoms with Crippen LogP contribution in [0.1, 0.15) is 15.4 Å². The van der Waals surface area contributed by atoms with Crippen molar-refractivity contribution in [3.63, 3.8) is 0 Å². The molecule has 0 atom stereocenters. The first-order valence-corrected chi connectivity index (χ1v) is 7.67. The zero-order valence-electron chi connectivity index (χ0n) is 10.7. The summed E-state index contributed by atoms with van der Waals surface area (Å²) in [4.78, 5) is 17.3. The number of carbonyl (C=O) groups is 1. The molecule has 0 aliphatic rings. The van der Waals surface area contributed by atoms with E-state index in [1.54, 1.807) is 0 Å². The molecule has 1 aromatic carbocycles. The Hall–Kier alpha value is -1.72. The van der Waals surface area contributed by atoms with Gasteiger partial charge in [0.1, 0.15) is 4.60 Å². The third kappa shape index (κ3) is 2.59. The number of aromatic nitrogens is 1. The number of anilines is 1. The molecule has 3 rings (SSSR count). The number of pyridine rings is 1. The van der Waals surface area contributed by atoms with Crippen molar-refractivity contribution in [1.82, 2.24) is 4.98 Å². The number of thiophene rings is 1. The van der Waals surface area contributed by atoms with Crippen LogP contribution in [-0.4, -0.2) is 10.9 Å². The van der Waals surface area contributed by atoms with Crippen molar-refractivity contribution in [2.24, 2.45) is 0 Å². The highest BCUT2D eigenvalue weighted by Gasteiger charge is 2.11. The molecular formula is C15H11BrN2OS. The van der Waals surface area contributed by atoms with Gasteiger partial charge < -0.3 is 5.32 Å². The average Bonchev–Trinajstić information content (AvgIpc) is 2.86. The first kappa shape index (κ1) is 13.3. The lowest BCUT2D eigenvalue weighted by Crippen LogP contribution is -2.11. The van der Waals surface area contributed by atoms with Crippen LogP contribution in [0.25, 0.3) is 10.1 Å². The van der Waals surface area contributed by atoms with E-state index in [1.807, 2.05) is 49.4 Å². The summed E-state index contributed by atoms with van der Waals surface area (Å²) in [6.45, 7) is 1.87. The zero-order chi connectivity index (χ0) is 14.1. The number of nitrogens with one attached hydrogen (secondary N) is 1. The predicted molar refractivity (Wildman–Crippen MR) is 86.5 cm³/mol. The molecule has 0 fully saturated rings. The third-order valence-corrected chi connectivity index (χ3v) is 4.51. The number of amides is 1. The summed E-state index contributed by atoms with van der Waals surface area (Å²) >= 11 is 4.80. The minimum absolute atomic E-state index is 0.0987. The van der Waals surface area contributed by atoms with Crippen molar-refractivity contribution in [3.05, 3.63) is 57.6 Å². The maximum Gasteiger partial charge on any atom is 0.265 e. The molecule has 0 unspecified atom stereocenters. The minimum atomic E-state index is -0.0987. The quantitative estimate of drug-likeness (QED) is 0.688. The second-order valence-electron chi connectivity index (χ2n) is 4.37. The van der Waals surface area contributed by atoms with Gasteiger partial charge in [0.25, 0.3) is 5.91 Å². The van der Waals surface area contributed by atoms with Crippen LogP contribution in [0.15, 0.2) is 47.1 Å². The number of hydrogen-bond donors (Lipinski definition) is 1. The van der Waals surface area contributed by atoms with Crippen LogP contribution in [0.2, 0.25) is 0 Å². The molecule has 0 bridgehead atoms. The molecule has 0 aliphatic carbocycles. The first-order valence-electron chi connectivity index (χ1n) is 6.06. The summed E-state index contributed by atoms with van der Waals surface area (Å²) in [5.74, 6) is -0.0987. The Labute approximate surface area is 128 Å². The Balaban J connectivity index is 1.89. The van der Waals surface area contributed by atoms with E-state index in [2.05, 4.69) is 26.2 Å². The summed E-state index contributed by atoms with van der Waals surface area (Å²) < 4.78 is 1.87. The maximum atomic E-state index is 12.3. The van der Waals surface area contributed by atoms with Crippen molar-refractivity contribution in [1.29, 1.82) is 0 Å². The summed E-state index contributed by atoms with van der Waals surface area (Å²) in [5, 5.41) is 3.99. The Bertz CT molecular complexity index is 764. The van der Waals surface area contributed by atoms with Crippen molar-refractivity contribution >= 4 is 48.9 Å². The lowest BCUT2D eigenvalue weighted by molar-refractivity contribution is 0.103. The number of benzene rings is 1. The van der Waals surface area contributed by atoms with E-state index in [9.17, 15) is 4.79 Å². The first-order chi connectivity index (χ1) is 9.63. The topological polar surface area (TPSA) is 42.0 Å². The van der Waals surface area contributed by atoms with Gasteiger partial charge in [-0.05, 0) is 52.5 Å². The highest BCUT2D eigenvalue weighted by atomic mass is 79.9. The molecule has 3 aromatic rings. The lowest BCUT2D eigenvalue weighted by atomic mass is 10.2. The highest BCUT2D eigenvalue weighted by Crippen LogP contribution is 2.26. The molecule has 20 heavy (non-hydrogen) atoms. The monoisotopic (exact) mass is 346 g/mol. The number of halogens is 1. The number of hydrogen-bond acceptors (Lipinski definition) is 3. The SMILES string of the molecule is Cc1nc(Br)ccc1NC(=O)c1cc2ccccc2s1. The van der Waals surface area contributed by atoms with Crippen LogP contribution in [0.3, 0.4) is 0 Å². The van der Waals surface area contributed by atoms with E-state index >= 15 is 0 Å². The van der Waals surface area contributed by atoms with Crippen LogP contribution in [0, 0.1) is 6.92 Å². The van der Waals surface area contributed by atoms with Gasteiger partial charge in [0.2, 0.25) is 0 Å². The molecule has 1 amide bonds. The van der Waals surface area contributed by atoms with E-state index in [1.165, 1.54) is 11.3 Å². The van der Waals surface area contributed by atoms with Gasteiger partial charge in [0.15, 0.2) is 0 Å².